The molecule has 0 N–H and O–H groups in total. The standard InChI is InChI=1S/C11H11ClN4S/c1-15(2)11(17)9-5-7-16(14-9)10-8(12)4-3-6-13-10/h3-7H,1-2H3. The highest BCUT2D eigenvalue weighted by Gasteiger charge is 2.10. The molecule has 2 heterocycles. The van der Waals surface area contributed by atoms with Crippen LogP contribution in [-0.2, 0) is 0 Å². The number of aromatic nitrogens is 3. The third kappa shape index (κ3) is 2.45. The highest BCUT2D eigenvalue weighted by atomic mass is 35.5. The van der Waals surface area contributed by atoms with Crippen molar-refractivity contribution in [3.63, 3.8) is 0 Å². The first-order valence-electron chi connectivity index (χ1n) is 4.98. The predicted octanol–water partition coefficient (Wildman–Crippen LogP) is 2.16. The molecule has 0 saturated carbocycles. The van der Waals surface area contributed by atoms with Gasteiger partial charge in [-0.1, -0.05) is 23.8 Å². The van der Waals surface area contributed by atoms with E-state index in [9.17, 15) is 0 Å². The second-order valence-electron chi connectivity index (χ2n) is 3.65. The summed E-state index contributed by atoms with van der Waals surface area (Å²) in [4.78, 5) is 6.69. The summed E-state index contributed by atoms with van der Waals surface area (Å²) < 4.78 is 1.62. The quantitative estimate of drug-likeness (QED) is 0.780. The minimum Gasteiger partial charge on any atom is -0.367 e. The minimum atomic E-state index is 0.554. The van der Waals surface area contributed by atoms with Gasteiger partial charge >= 0.3 is 0 Å². The van der Waals surface area contributed by atoms with Crippen LogP contribution in [0.25, 0.3) is 5.82 Å². The molecule has 0 bridgehead atoms. The molecule has 6 heteroatoms. The predicted molar refractivity (Wildman–Crippen MR) is 71.8 cm³/mol. The number of hydrogen-bond donors (Lipinski definition) is 0. The third-order valence-corrected chi connectivity index (χ3v) is 3.04. The number of hydrogen-bond acceptors (Lipinski definition) is 3. The van der Waals surface area contributed by atoms with Crippen molar-refractivity contribution in [3.8, 4) is 5.82 Å². The first-order chi connectivity index (χ1) is 8.09. The van der Waals surface area contributed by atoms with Crippen molar-refractivity contribution in [2.45, 2.75) is 0 Å². The lowest BCUT2D eigenvalue weighted by atomic mass is 10.4. The molecule has 2 aromatic rings. The lowest BCUT2D eigenvalue weighted by molar-refractivity contribution is 0.633. The van der Waals surface area contributed by atoms with E-state index in [2.05, 4.69) is 10.1 Å². The van der Waals surface area contributed by atoms with Gasteiger partial charge in [-0.3, -0.25) is 0 Å². The van der Waals surface area contributed by atoms with E-state index >= 15 is 0 Å². The fraction of sp³-hybridized carbons (Fsp3) is 0.182. The molecule has 2 rings (SSSR count). The van der Waals surface area contributed by atoms with Gasteiger partial charge in [0.15, 0.2) is 5.82 Å². The molecule has 0 amide bonds. The summed E-state index contributed by atoms with van der Waals surface area (Å²) in [6, 6.07) is 5.39. The zero-order valence-electron chi connectivity index (χ0n) is 9.46. The molecule has 0 spiro atoms. The maximum Gasteiger partial charge on any atom is 0.172 e. The van der Waals surface area contributed by atoms with Crippen molar-refractivity contribution in [3.05, 3.63) is 41.3 Å². The number of halogens is 1. The van der Waals surface area contributed by atoms with Crippen LogP contribution in [0.2, 0.25) is 5.02 Å². The Morgan fingerprint density at radius 1 is 1.41 bits per heavy atom. The first-order valence-corrected chi connectivity index (χ1v) is 5.76. The van der Waals surface area contributed by atoms with E-state index in [1.165, 1.54) is 0 Å². The highest BCUT2D eigenvalue weighted by Crippen LogP contribution is 2.16. The second kappa shape index (κ2) is 4.81. The lowest BCUT2D eigenvalue weighted by Crippen LogP contribution is -2.21. The van der Waals surface area contributed by atoms with Crippen LogP contribution in [0.1, 0.15) is 5.69 Å². The van der Waals surface area contributed by atoms with E-state index in [-0.39, 0.29) is 0 Å². The Balaban J connectivity index is 2.37. The maximum atomic E-state index is 6.04. The Kier molecular flexibility index (Phi) is 3.40. The third-order valence-electron chi connectivity index (χ3n) is 2.17. The van der Waals surface area contributed by atoms with Crippen molar-refractivity contribution in [2.24, 2.45) is 0 Å². The molecule has 0 aliphatic rings. The Hall–Kier alpha value is -1.46. The molecule has 0 atom stereocenters. The summed E-state index contributed by atoms with van der Waals surface area (Å²) in [6.07, 6.45) is 3.46. The monoisotopic (exact) mass is 266 g/mol. The molecule has 0 fully saturated rings. The summed E-state index contributed by atoms with van der Waals surface area (Å²) >= 11 is 11.3. The van der Waals surface area contributed by atoms with E-state index in [1.807, 2.05) is 25.1 Å². The van der Waals surface area contributed by atoms with Gasteiger partial charge in [-0.2, -0.15) is 5.10 Å². The van der Waals surface area contributed by atoms with Crippen molar-refractivity contribution < 1.29 is 0 Å². The van der Waals surface area contributed by atoms with Crippen LogP contribution in [0.5, 0.6) is 0 Å². The van der Waals surface area contributed by atoms with Crippen LogP contribution in [0, 0.1) is 0 Å². The molecule has 0 aliphatic carbocycles. The van der Waals surface area contributed by atoms with E-state index in [4.69, 9.17) is 23.8 Å². The highest BCUT2D eigenvalue weighted by molar-refractivity contribution is 7.80. The number of nitrogens with zero attached hydrogens (tertiary/aromatic N) is 4. The molecule has 0 aromatic carbocycles. The number of pyridine rings is 1. The van der Waals surface area contributed by atoms with Crippen molar-refractivity contribution in [1.82, 2.24) is 19.7 Å². The van der Waals surface area contributed by atoms with Crippen LogP contribution in [0.3, 0.4) is 0 Å². The summed E-state index contributed by atoms with van der Waals surface area (Å²) in [6.45, 7) is 0. The average Bonchev–Trinajstić information content (AvgIpc) is 2.77. The normalized spacial score (nSPS) is 10.3. The smallest absolute Gasteiger partial charge is 0.172 e. The van der Waals surface area contributed by atoms with Crippen molar-refractivity contribution in [1.29, 1.82) is 0 Å². The van der Waals surface area contributed by atoms with Gasteiger partial charge in [0.1, 0.15) is 10.7 Å². The minimum absolute atomic E-state index is 0.554. The molecule has 0 saturated heterocycles. The van der Waals surface area contributed by atoms with E-state index in [0.29, 0.717) is 15.8 Å². The van der Waals surface area contributed by atoms with Gasteiger partial charge in [0.05, 0.1) is 5.02 Å². The zero-order valence-corrected chi connectivity index (χ0v) is 11.0. The van der Waals surface area contributed by atoms with E-state index < -0.39 is 0 Å². The van der Waals surface area contributed by atoms with Gasteiger partial charge < -0.3 is 4.90 Å². The second-order valence-corrected chi connectivity index (χ2v) is 4.45. The van der Waals surface area contributed by atoms with Gasteiger partial charge in [0.2, 0.25) is 0 Å². The molecule has 17 heavy (non-hydrogen) atoms. The molecular formula is C11H11ClN4S. The SMILES string of the molecule is CN(C)C(=S)c1ccn(-c2ncccc2Cl)n1. The van der Waals surface area contributed by atoms with Crippen molar-refractivity contribution >= 4 is 28.8 Å². The van der Waals surface area contributed by atoms with E-state index in [1.54, 1.807) is 29.2 Å². The summed E-state index contributed by atoms with van der Waals surface area (Å²) in [5.74, 6) is 0.599. The fourth-order valence-electron chi connectivity index (χ4n) is 1.33. The molecule has 0 radical (unpaired) electrons. The van der Waals surface area contributed by atoms with Crippen molar-refractivity contribution in [2.75, 3.05) is 14.1 Å². The van der Waals surface area contributed by atoms with Crippen LogP contribution < -0.4 is 0 Å². The lowest BCUT2D eigenvalue weighted by Gasteiger charge is -2.10. The summed E-state index contributed by atoms with van der Waals surface area (Å²) in [5, 5.41) is 4.90. The molecule has 0 unspecified atom stereocenters. The Morgan fingerprint density at radius 3 is 2.82 bits per heavy atom. The van der Waals surface area contributed by atoms with Crippen LogP contribution in [0.4, 0.5) is 0 Å². The Bertz CT molecular complexity index is 550. The van der Waals surface area contributed by atoms with Crippen LogP contribution in [0.15, 0.2) is 30.6 Å². The summed E-state index contributed by atoms with van der Waals surface area (Å²) in [7, 11) is 3.77. The average molecular weight is 267 g/mol. The van der Waals surface area contributed by atoms with Gasteiger partial charge in [-0.15, -0.1) is 0 Å². The fourth-order valence-corrected chi connectivity index (χ4v) is 1.65. The number of thiocarbonyl (C=S) groups is 1. The molecule has 0 aliphatic heterocycles. The molecular weight excluding hydrogens is 256 g/mol. The Morgan fingerprint density at radius 2 is 2.18 bits per heavy atom. The topological polar surface area (TPSA) is 34.0 Å². The Labute approximate surface area is 110 Å². The van der Waals surface area contributed by atoms with E-state index in [0.717, 1.165) is 5.69 Å². The molecule has 4 nitrogen and oxygen atoms in total. The molecule has 88 valence electrons. The van der Waals surface area contributed by atoms with Gasteiger partial charge in [0, 0.05) is 26.5 Å². The largest absolute Gasteiger partial charge is 0.367 e. The van der Waals surface area contributed by atoms with Gasteiger partial charge in [-0.05, 0) is 18.2 Å². The maximum absolute atomic E-state index is 6.04. The first kappa shape index (κ1) is 12.0. The number of rotatable bonds is 2. The zero-order chi connectivity index (χ0) is 12.4. The van der Waals surface area contributed by atoms with Gasteiger partial charge in [-0.25, -0.2) is 9.67 Å². The van der Waals surface area contributed by atoms with Crippen LogP contribution >= 0.6 is 23.8 Å². The van der Waals surface area contributed by atoms with Gasteiger partial charge in [0.25, 0.3) is 0 Å². The summed E-state index contributed by atoms with van der Waals surface area (Å²) in [5.41, 5.74) is 0.728. The molecule has 2 aromatic heterocycles. The van der Waals surface area contributed by atoms with Crippen LogP contribution in [-0.4, -0.2) is 38.7 Å².